The van der Waals surface area contributed by atoms with Crippen molar-refractivity contribution in [2.24, 2.45) is 13.0 Å². The number of sulfonamides is 1. The summed E-state index contributed by atoms with van der Waals surface area (Å²) in [6.45, 7) is 0.752. The molecule has 0 radical (unpaired) electrons. The average Bonchev–Trinajstić information content (AvgIpc) is 3.29. The van der Waals surface area contributed by atoms with E-state index >= 15 is 0 Å². The van der Waals surface area contributed by atoms with Gasteiger partial charge in [-0.15, -0.1) is 0 Å². The molecule has 3 atom stereocenters. The van der Waals surface area contributed by atoms with Crippen molar-refractivity contribution in [1.82, 2.24) is 19.2 Å². The highest BCUT2D eigenvalue weighted by Gasteiger charge is 2.46. The number of halogens is 3. The van der Waals surface area contributed by atoms with Gasteiger partial charge in [-0.25, -0.2) is 18.2 Å². The summed E-state index contributed by atoms with van der Waals surface area (Å²) in [5.41, 5.74) is 0. The molecule has 1 aromatic heterocycles. The van der Waals surface area contributed by atoms with Gasteiger partial charge in [0, 0.05) is 39.3 Å². The van der Waals surface area contributed by atoms with E-state index in [4.69, 9.17) is 14.6 Å². The largest absolute Gasteiger partial charge is 0.490 e. The molecule has 2 fully saturated rings. The predicted octanol–water partition coefficient (Wildman–Crippen LogP) is -0.0325. The molecule has 1 amide bonds. The summed E-state index contributed by atoms with van der Waals surface area (Å²) in [5.74, 6) is -2.66. The van der Waals surface area contributed by atoms with Crippen LogP contribution in [0.2, 0.25) is 0 Å². The molecule has 2 aliphatic heterocycles. The fourth-order valence-corrected chi connectivity index (χ4v) is 4.59. The number of nitrogens with zero attached hydrogens (tertiary/aromatic N) is 3. The first kappa shape index (κ1) is 23.1. The Morgan fingerprint density at radius 2 is 2.00 bits per heavy atom. The van der Waals surface area contributed by atoms with Crippen LogP contribution in [0, 0.1) is 5.92 Å². The molecule has 0 aromatic carbocycles. The number of aromatic nitrogens is 2. The minimum atomic E-state index is -5.08. The maximum Gasteiger partial charge on any atom is 0.490 e. The summed E-state index contributed by atoms with van der Waals surface area (Å²) in [4.78, 5) is 24.2. The molecule has 0 spiro atoms. The molecule has 2 aliphatic rings. The minimum Gasteiger partial charge on any atom is -0.475 e. The van der Waals surface area contributed by atoms with E-state index < -0.39 is 22.2 Å². The zero-order valence-corrected chi connectivity index (χ0v) is 16.4. The number of carbonyl (C=O) groups is 2. The summed E-state index contributed by atoms with van der Waals surface area (Å²) in [7, 11) is -0.233. The Bertz CT molecular complexity index is 842. The minimum absolute atomic E-state index is 0.0528. The Balaban J connectivity index is 0.000000370. The van der Waals surface area contributed by atoms with Crippen LogP contribution in [-0.4, -0.2) is 77.8 Å². The van der Waals surface area contributed by atoms with Gasteiger partial charge in [-0.05, 0) is 6.42 Å². The normalized spacial score (nSPS) is 24.5. The number of nitrogens with one attached hydrogen (secondary N) is 1. The lowest BCUT2D eigenvalue weighted by Crippen LogP contribution is -2.32. The molecule has 2 saturated heterocycles. The third kappa shape index (κ3) is 5.67. The van der Waals surface area contributed by atoms with Crippen molar-refractivity contribution < 1.29 is 41.0 Å². The maximum atomic E-state index is 12.5. The van der Waals surface area contributed by atoms with Crippen LogP contribution in [0.15, 0.2) is 17.6 Å². The van der Waals surface area contributed by atoms with Crippen LogP contribution in [0.1, 0.15) is 12.8 Å². The summed E-state index contributed by atoms with van der Waals surface area (Å²) < 4.78 is 65.6. The number of hydrogen-bond donors (Lipinski definition) is 2. The molecule has 1 aromatic rings. The van der Waals surface area contributed by atoms with Crippen LogP contribution in [0.4, 0.5) is 13.2 Å². The molecule has 2 N–H and O–H groups in total. The first-order chi connectivity index (χ1) is 13.3. The highest BCUT2D eigenvalue weighted by molar-refractivity contribution is 7.89. The van der Waals surface area contributed by atoms with Gasteiger partial charge in [0.25, 0.3) is 10.0 Å². The number of aliphatic carboxylic acids is 1. The van der Waals surface area contributed by atoms with Crippen LogP contribution in [-0.2, 0) is 31.4 Å². The van der Waals surface area contributed by atoms with Gasteiger partial charge in [0.05, 0.1) is 25.0 Å². The molecule has 0 bridgehead atoms. The number of hydrogen-bond acceptors (Lipinski definition) is 6. The second kappa shape index (κ2) is 8.67. The van der Waals surface area contributed by atoms with Gasteiger partial charge in [0.15, 0.2) is 5.03 Å². The maximum absolute atomic E-state index is 12.5. The van der Waals surface area contributed by atoms with Crippen molar-refractivity contribution in [2.45, 2.75) is 36.3 Å². The summed E-state index contributed by atoms with van der Waals surface area (Å²) in [6.07, 6.45) is -1.32. The Morgan fingerprint density at radius 3 is 2.45 bits per heavy atom. The fourth-order valence-electron chi connectivity index (χ4n) is 3.12. The van der Waals surface area contributed by atoms with Crippen molar-refractivity contribution in [1.29, 1.82) is 0 Å². The number of carboxylic acid groups (broad SMARTS) is 1. The Hall–Kier alpha value is -2.19. The van der Waals surface area contributed by atoms with Gasteiger partial charge in [-0.3, -0.25) is 4.79 Å². The molecule has 14 heteroatoms. The van der Waals surface area contributed by atoms with E-state index in [0.29, 0.717) is 25.9 Å². The number of imidazole rings is 1. The van der Waals surface area contributed by atoms with Crippen LogP contribution < -0.4 is 5.32 Å². The quantitative estimate of drug-likeness (QED) is 0.669. The van der Waals surface area contributed by atoms with Gasteiger partial charge < -0.3 is 19.7 Å². The van der Waals surface area contributed by atoms with Crippen LogP contribution in [0.25, 0.3) is 0 Å². The highest BCUT2D eigenvalue weighted by atomic mass is 32.2. The first-order valence-electron chi connectivity index (χ1n) is 8.48. The number of rotatable bonds is 4. The molecule has 3 rings (SSSR count). The number of carbonyl (C=O) groups excluding carboxylic acids is 1. The van der Waals surface area contributed by atoms with E-state index in [2.05, 4.69) is 10.3 Å². The number of amides is 1. The van der Waals surface area contributed by atoms with E-state index in [1.807, 2.05) is 0 Å². The molecule has 0 saturated carbocycles. The monoisotopic (exact) mass is 442 g/mol. The third-order valence-electron chi connectivity index (χ3n) is 4.50. The molecule has 10 nitrogen and oxygen atoms in total. The van der Waals surface area contributed by atoms with Crippen molar-refractivity contribution in [3.05, 3.63) is 12.5 Å². The topological polar surface area (TPSA) is 131 Å². The van der Waals surface area contributed by atoms with Gasteiger partial charge in [-0.1, -0.05) is 0 Å². The van der Waals surface area contributed by atoms with E-state index in [-0.39, 0.29) is 29.1 Å². The lowest BCUT2D eigenvalue weighted by molar-refractivity contribution is -0.192. The van der Waals surface area contributed by atoms with Crippen LogP contribution >= 0.6 is 0 Å². The van der Waals surface area contributed by atoms with E-state index in [1.54, 1.807) is 18.7 Å². The average molecular weight is 442 g/mol. The number of aryl methyl sites for hydroxylation is 1. The number of carboxylic acids is 1. The standard InChI is InChI=1S/C13H20N4O4S.C2HF3O2/c1-14-12(18)4-10-3-9-5-17(6-11(9)21-10)22(19,20)13-7-16(2)8-15-13;3-2(4,5)1(6)7/h7-11H,3-6H2,1-2H3,(H,14,18);(H,6,7)/t9-,10+,11+;/m0./s1. The summed E-state index contributed by atoms with van der Waals surface area (Å²) in [6, 6.07) is 0. The molecule has 0 aliphatic carbocycles. The number of ether oxygens (including phenoxy) is 1. The van der Waals surface area contributed by atoms with Crippen LogP contribution in [0.5, 0.6) is 0 Å². The lowest BCUT2D eigenvalue weighted by atomic mass is 10.0. The van der Waals surface area contributed by atoms with E-state index in [0.717, 1.165) is 0 Å². The molecule has 29 heavy (non-hydrogen) atoms. The summed E-state index contributed by atoms with van der Waals surface area (Å²) in [5, 5.41) is 9.77. The lowest BCUT2D eigenvalue weighted by Gasteiger charge is -2.17. The smallest absolute Gasteiger partial charge is 0.475 e. The third-order valence-corrected chi connectivity index (χ3v) is 6.22. The summed E-state index contributed by atoms with van der Waals surface area (Å²) >= 11 is 0. The molecular formula is C15H21F3N4O6S. The molecular weight excluding hydrogens is 421 g/mol. The Labute approximate surface area is 164 Å². The Kier molecular flexibility index (Phi) is 6.90. The first-order valence-corrected chi connectivity index (χ1v) is 9.92. The van der Waals surface area contributed by atoms with E-state index in [1.165, 1.54) is 16.8 Å². The zero-order chi connectivity index (χ0) is 22.0. The van der Waals surface area contributed by atoms with Crippen LogP contribution in [0.3, 0.4) is 0 Å². The van der Waals surface area contributed by atoms with Crippen molar-refractivity contribution in [3.8, 4) is 0 Å². The van der Waals surface area contributed by atoms with Gasteiger partial charge in [-0.2, -0.15) is 17.5 Å². The second-order valence-corrected chi connectivity index (χ2v) is 8.56. The zero-order valence-electron chi connectivity index (χ0n) is 15.6. The van der Waals surface area contributed by atoms with Crippen molar-refractivity contribution in [2.75, 3.05) is 20.1 Å². The predicted molar refractivity (Wildman–Crippen MR) is 91.1 cm³/mol. The number of fused-ring (bicyclic) bond motifs is 1. The second-order valence-electron chi connectivity index (χ2n) is 6.67. The molecule has 0 unspecified atom stereocenters. The van der Waals surface area contributed by atoms with Gasteiger partial charge in [0.1, 0.15) is 0 Å². The molecule has 164 valence electrons. The SMILES string of the molecule is CNC(=O)C[C@H]1C[C@H]2CN(S(=O)(=O)c3cn(C)cn3)C[C@H]2O1.O=C(O)C(F)(F)F. The van der Waals surface area contributed by atoms with E-state index in [9.17, 15) is 26.4 Å². The van der Waals surface area contributed by atoms with Gasteiger partial charge >= 0.3 is 12.1 Å². The van der Waals surface area contributed by atoms with Crippen molar-refractivity contribution >= 4 is 21.9 Å². The van der Waals surface area contributed by atoms with Gasteiger partial charge in [0.2, 0.25) is 5.91 Å². The number of alkyl halides is 3. The Morgan fingerprint density at radius 1 is 1.38 bits per heavy atom. The van der Waals surface area contributed by atoms with Crippen molar-refractivity contribution in [3.63, 3.8) is 0 Å². The molecule has 3 heterocycles. The highest BCUT2D eigenvalue weighted by Crippen LogP contribution is 2.36. The fraction of sp³-hybridized carbons (Fsp3) is 0.667.